The second-order valence-electron chi connectivity index (χ2n) is 10.1. The summed E-state index contributed by atoms with van der Waals surface area (Å²) in [6.07, 6.45) is 3.98. The highest BCUT2D eigenvalue weighted by molar-refractivity contribution is 5.92. The van der Waals surface area contributed by atoms with Crippen molar-refractivity contribution in [1.82, 2.24) is 15.1 Å². The molecule has 3 heterocycles. The highest BCUT2D eigenvalue weighted by atomic mass is 16.5. The Labute approximate surface area is 196 Å². The predicted molar refractivity (Wildman–Crippen MR) is 126 cm³/mol. The van der Waals surface area contributed by atoms with E-state index in [9.17, 15) is 9.59 Å². The van der Waals surface area contributed by atoms with Crippen molar-refractivity contribution in [1.29, 1.82) is 0 Å². The van der Waals surface area contributed by atoms with E-state index in [2.05, 4.69) is 10.2 Å². The van der Waals surface area contributed by atoms with Gasteiger partial charge in [-0.05, 0) is 46.6 Å². The zero-order valence-electron chi connectivity index (χ0n) is 20.2. The van der Waals surface area contributed by atoms with Crippen molar-refractivity contribution >= 4 is 11.8 Å². The molecule has 2 amide bonds. The summed E-state index contributed by atoms with van der Waals surface area (Å²) in [7, 11) is 0. The zero-order valence-corrected chi connectivity index (χ0v) is 20.2. The van der Waals surface area contributed by atoms with Crippen LogP contribution in [0.5, 0.6) is 0 Å². The van der Waals surface area contributed by atoms with Gasteiger partial charge in [0, 0.05) is 30.9 Å². The van der Waals surface area contributed by atoms with Crippen LogP contribution in [0.3, 0.4) is 0 Å². The summed E-state index contributed by atoms with van der Waals surface area (Å²) in [5.74, 6) is 0.629. The number of nitrogens with one attached hydrogen (secondary N) is 1. The van der Waals surface area contributed by atoms with Crippen LogP contribution in [0.25, 0.3) is 0 Å². The number of amides is 2. The molecule has 1 saturated heterocycles. The quantitative estimate of drug-likeness (QED) is 0.687. The van der Waals surface area contributed by atoms with Gasteiger partial charge in [-0.3, -0.25) is 9.59 Å². The average Bonchev–Trinajstić information content (AvgIpc) is 3.44. The van der Waals surface area contributed by atoms with E-state index < -0.39 is 0 Å². The van der Waals surface area contributed by atoms with E-state index in [0.29, 0.717) is 13.2 Å². The predicted octanol–water partition coefficient (Wildman–Crippen LogP) is 2.98. The van der Waals surface area contributed by atoms with Gasteiger partial charge in [-0.25, -0.2) is 0 Å². The van der Waals surface area contributed by atoms with Crippen molar-refractivity contribution in [3.05, 3.63) is 59.5 Å². The van der Waals surface area contributed by atoms with E-state index in [-0.39, 0.29) is 41.6 Å². The lowest BCUT2D eigenvalue weighted by Gasteiger charge is -2.33. The van der Waals surface area contributed by atoms with Gasteiger partial charge < -0.3 is 24.6 Å². The molecule has 178 valence electrons. The van der Waals surface area contributed by atoms with Crippen molar-refractivity contribution in [3.63, 3.8) is 0 Å². The second kappa shape index (κ2) is 9.21. The Morgan fingerprint density at radius 1 is 1.15 bits per heavy atom. The molecule has 0 unspecified atom stereocenters. The third-order valence-corrected chi connectivity index (χ3v) is 6.42. The molecular formula is C26H35N3O4. The Bertz CT molecular complexity index is 950. The molecule has 33 heavy (non-hydrogen) atoms. The van der Waals surface area contributed by atoms with Crippen LogP contribution in [0.15, 0.2) is 53.9 Å². The van der Waals surface area contributed by atoms with Gasteiger partial charge in [0.05, 0.1) is 30.8 Å². The number of benzene rings is 1. The lowest BCUT2D eigenvalue weighted by atomic mass is 10.1. The van der Waals surface area contributed by atoms with Crippen LogP contribution >= 0.6 is 0 Å². The summed E-state index contributed by atoms with van der Waals surface area (Å²) in [5.41, 5.74) is 1.70. The summed E-state index contributed by atoms with van der Waals surface area (Å²) in [5, 5.41) is 3.04. The molecule has 1 N–H and O–H groups in total. The zero-order chi connectivity index (χ0) is 23.8. The van der Waals surface area contributed by atoms with E-state index in [1.54, 1.807) is 12.2 Å². The smallest absolute Gasteiger partial charge is 0.250 e. The first-order valence-electron chi connectivity index (χ1n) is 11.8. The van der Waals surface area contributed by atoms with Gasteiger partial charge in [-0.2, -0.15) is 0 Å². The Kier molecular flexibility index (Phi) is 6.52. The minimum absolute atomic E-state index is 0.000634. The third-order valence-electron chi connectivity index (χ3n) is 6.42. The van der Waals surface area contributed by atoms with Gasteiger partial charge >= 0.3 is 0 Å². The topological polar surface area (TPSA) is 71.1 Å². The van der Waals surface area contributed by atoms with Crippen LogP contribution in [0.1, 0.15) is 46.6 Å². The van der Waals surface area contributed by atoms with Gasteiger partial charge in [0.25, 0.3) is 5.91 Å². The number of rotatable bonds is 7. The van der Waals surface area contributed by atoms with Crippen molar-refractivity contribution in [2.45, 2.75) is 77.5 Å². The number of carbonyl (C=O) groups is 2. The minimum atomic E-state index is -0.345. The molecule has 3 aliphatic rings. The molecule has 0 aromatic heterocycles. The van der Waals surface area contributed by atoms with Crippen LogP contribution in [0.4, 0.5) is 0 Å². The number of ether oxygens (including phenoxy) is 2. The maximum Gasteiger partial charge on any atom is 0.250 e. The van der Waals surface area contributed by atoms with Crippen LogP contribution in [-0.2, 0) is 25.7 Å². The van der Waals surface area contributed by atoms with Crippen LogP contribution < -0.4 is 5.32 Å². The maximum absolute atomic E-state index is 12.8. The summed E-state index contributed by atoms with van der Waals surface area (Å²) >= 11 is 0. The molecule has 0 aliphatic carbocycles. The lowest BCUT2D eigenvalue weighted by molar-refractivity contribution is -0.128. The monoisotopic (exact) mass is 453 g/mol. The van der Waals surface area contributed by atoms with Crippen molar-refractivity contribution in [2.75, 3.05) is 13.1 Å². The average molecular weight is 454 g/mol. The van der Waals surface area contributed by atoms with E-state index in [1.165, 1.54) is 0 Å². The summed E-state index contributed by atoms with van der Waals surface area (Å²) in [4.78, 5) is 29.2. The van der Waals surface area contributed by atoms with E-state index in [1.807, 2.05) is 69.9 Å². The maximum atomic E-state index is 12.8. The fraction of sp³-hybridized carbons (Fsp3) is 0.538. The van der Waals surface area contributed by atoms with Crippen LogP contribution in [0.2, 0.25) is 0 Å². The molecule has 7 nitrogen and oxygen atoms in total. The van der Waals surface area contributed by atoms with E-state index in [4.69, 9.17) is 9.47 Å². The largest absolute Gasteiger partial charge is 0.490 e. The number of nitrogens with zero attached hydrogens (tertiary/aromatic N) is 2. The van der Waals surface area contributed by atoms with Crippen LogP contribution in [0, 0.1) is 0 Å². The fourth-order valence-corrected chi connectivity index (χ4v) is 4.85. The fourth-order valence-electron chi connectivity index (χ4n) is 4.85. The third kappa shape index (κ3) is 5.24. The van der Waals surface area contributed by atoms with E-state index in [0.717, 1.165) is 30.0 Å². The molecule has 1 aromatic rings. The summed E-state index contributed by atoms with van der Waals surface area (Å²) in [6.45, 7) is 12.0. The van der Waals surface area contributed by atoms with Gasteiger partial charge in [-0.15, -0.1) is 0 Å². The van der Waals surface area contributed by atoms with Gasteiger partial charge in [0.2, 0.25) is 5.91 Å². The standard InChI is InChI=1S/C26H35N3O4/c1-17-22(33-26(3,4)5)14-24(31)29(17)20-11-12-28(15-20)21-13-23(30)27-25(21)18(2)32-16-19-9-7-6-8-10-19/h6-10,13-14,17-18,20,25H,11-12,15-16H2,1-5H3,(H,27,30)/t17-,18+,20-,25-/m0/s1. The highest BCUT2D eigenvalue weighted by Crippen LogP contribution is 2.32. The Morgan fingerprint density at radius 2 is 1.88 bits per heavy atom. The Hall–Kier alpha value is -2.80. The molecular weight excluding hydrogens is 418 g/mol. The second-order valence-corrected chi connectivity index (χ2v) is 10.1. The molecule has 1 fully saturated rings. The molecule has 0 radical (unpaired) electrons. The lowest BCUT2D eigenvalue weighted by Crippen LogP contribution is -2.46. The summed E-state index contributed by atoms with van der Waals surface area (Å²) in [6, 6.07) is 9.79. The first-order chi connectivity index (χ1) is 15.6. The van der Waals surface area contributed by atoms with E-state index >= 15 is 0 Å². The Morgan fingerprint density at radius 3 is 2.58 bits per heavy atom. The van der Waals surface area contributed by atoms with Gasteiger partial charge in [0.1, 0.15) is 11.4 Å². The molecule has 7 heteroatoms. The molecule has 4 atom stereocenters. The normalized spacial score (nSPS) is 26.4. The first-order valence-corrected chi connectivity index (χ1v) is 11.8. The molecule has 4 rings (SSSR count). The highest BCUT2D eigenvalue weighted by Gasteiger charge is 2.42. The van der Waals surface area contributed by atoms with Crippen molar-refractivity contribution < 1.29 is 19.1 Å². The van der Waals surface area contributed by atoms with Crippen LogP contribution in [-0.4, -0.2) is 64.5 Å². The minimum Gasteiger partial charge on any atom is -0.490 e. The number of hydrogen-bond acceptors (Lipinski definition) is 5. The van der Waals surface area contributed by atoms with Gasteiger partial charge in [-0.1, -0.05) is 30.3 Å². The number of carbonyl (C=O) groups excluding carboxylic acids is 2. The van der Waals surface area contributed by atoms with Crippen molar-refractivity contribution in [2.24, 2.45) is 0 Å². The number of hydrogen-bond donors (Lipinski definition) is 1. The molecule has 0 bridgehead atoms. The molecule has 1 aromatic carbocycles. The molecule has 3 aliphatic heterocycles. The first kappa shape index (κ1) is 23.4. The number of likely N-dealkylation sites (tertiary alicyclic amines) is 1. The summed E-state index contributed by atoms with van der Waals surface area (Å²) < 4.78 is 12.1. The van der Waals surface area contributed by atoms with Gasteiger partial charge in [0.15, 0.2) is 0 Å². The SMILES string of the molecule is C[C@@H](OCc1ccccc1)[C@@H]1NC(=O)C=C1N1CC[C@H](N2C(=O)C=C(OC(C)(C)C)[C@@H]2C)C1. The molecule has 0 spiro atoms. The Balaban J connectivity index is 1.39. The van der Waals surface area contributed by atoms with Crippen molar-refractivity contribution in [3.8, 4) is 0 Å². The molecule has 0 saturated carbocycles.